The van der Waals surface area contributed by atoms with Crippen molar-refractivity contribution >= 4 is 32.6 Å². The smallest absolute Gasteiger partial charge is 0.266 e. The number of benzene rings is 2. The highest BCUT2D eigenvalue weighted by molar-refractivity contribution is 7.22. The lowest BCUT2D eigenvalue weighted by Gasteiger charge is -2.27. The normalized spacial score (nSPS) is 14.4. The molecule has 176 valence electrons. The molecule has 1 fully saturated rings. The number of fused-ring (bicyclic) bond motifs is 1. The summed E-state index contributed by atoms with van der Waals surface area (Å²) in [6.45, 7) is 9.04. The van der Waals surface area contributed by atoms with Crippen molar-refractivity contribution in [3.8, 4) is 11.5 Å². The van der Waals surface area contributed by atoms with Crippen LogP contribution in [0.1, 0.15) is 17.5 Å². The van der Waals surface area contributed by atoms with E-state index >= 15 is 0 Å². The third-order valence-corrected chi connectivity index (χ3v) is 7.01. The molecule has 8 heteroatoms. The Balaban J connectivity index is 1.49. The highest BCUT2D eigenvalue weighted by atomic mass is 32.1. The molecule has 0 aliphatic carbocycles. The van der Waals surface area contributed by atoms with Crippen molar-refractivity contribution < 1.29 is 19.0 Å². The number of carbonyl (C=O) groups is 1. The minimum Gasteiger partial charge on any atom is -0.497 e. The van der Waals surface area contributed by atoms with Gasteiger partial charge in [-0.2, -0.15) is 0 Å². The van der Waals surface area contributed by atoms with E-state index in [1.54, 1.807) is 29.4 Å². The Kier molecular flexibility index (Phi) is 7.80. The number of amides is 1. The Labute approximate surface area is 198 Å². The molecule has 0 radical (unpaired) electrons. The van der Waals surface area contributed by atoms with Crippen LogP contribution >= 0.6 is 11.3 Å². The van der Waals surface area contributed by atoms with Gasteiger partial charge in [-0.15, -0.1) is 0 Å². The van der Waals surface area contributed by atoms with E-state index in [0.29, 0.717) is 18.0 Å². The lowest BCUT2D eigenvalue weighted by atomic mass is 10.1. The van der Waals surface area contributed by atoms with E-state index in [2.05, 4.69) is 30.9 Å². The molecule has 7 nitrogen and oxygen atoms in total. The van der Waals surface area contributed by atoms with E-state index in [1.807, 2.05) is 18.2 Å². The molecule has 0 N–H and O–H groups in total. The van der Waals surface area contributed by atoms with Crippen molar-refractivity contribution in [3.63, 3.8) is 0 Å². The van der Waals surface area contributed by atoms with Gasteiger partial charge in [-0.3, -0.25) is 14.6 Å². The van der Waals surface area contributed by atoms with Crippen LogP contribution in [0.15, 0.2) is 36.4 Å². The second-order valence-corrected chi connectivity index (χ2v) is 9.18. The van der Waals surface area contributed by atoms with E-state index in [0.717, 1.165) is 60.2 Å². The number of rotatable bonds is 9. The second-order valence-electron chi connectivity index (χ2n) is 8.17. The van der Waals surface area contributed by atoms with E-state index in [4.69, 9.17) is 19.2 Å². The van der Waals surface area contributed by atoms with Gasteiger partial charge in [0.25, 0.3) is 5.91 Å². The van der Waals surface area contributed by atoms with E-state index in [1.165, 1.54) is 5.56 Å². The number of ether oxygens (including phenoxy) is 3. The zero-order valence-corrected chi connectivity index (χ0v) is 20.3. The molecule has 1 aromatic heterocycles. The largest absolute Gasteiger partial charge is 0.497 e. The number of aryl methyl sites for hydroxylation is 2. The number of carbonyl (C=O) groups excluding carboxylic acids is 1. The fourth-order valence-corrected chi connectivity index (χ4v) is 4.92. The first-order chi connectivity index (χ1) is 16.0. The molecule has 0 bridgehead atoms. The van der Waals surface area contributed by atoms with Crippen molar-refractivity contribution in [3.05, 3.63) is 47.5 Å². The summed E-state index contributed by atoms with van der Waals surface area (Å²) in [7, 11) is 1.61. The van der Waals surface area contributed by atoms with Crippen LogP contribution in [0.3, 0.4) is 0 Å². The lowest BCUT2D eigenvalue weighted by molar-refractivity contribution is -0.120. The number of thiazole rings is 1. The Morgan fingerprint density at radius 2 is 1.97 bits per heavy atom. The molecule has 2 heterocycles. The molecule has 4 rings (SSSR count). The predicted molar refractivity (Wildman–Crippen MR) is 132 cm³/mol. The standard InChI is InChI=1S/C25H31N3O4S/c1-18-8-9-22-24(19(18)2)26-25(33-22)28(11-5-10-27-12-14-31-15-13-27)23(29)17-32-21-7-4-6-20(16-21)30-3/h4,6-9,16H,5,10-15,17H2,1-3H3. The number of hydrogen-bond acceptors (Lipinski definition) is 7. The monoisotopic (exact) mass is 469 g/mol. The minimum absolute atomic E-state index is 0.0569. The summed E-state index contributed by atoms with van der Waals surface area (Å²) in [6.07, 6.45) is 0.860. The molecular weight excluding hydrogens is 438 g/mol. The van der Waals surface area contributed by atoms with Gasteiger partial charge in [0.05, 0.1) is 30.5 Å². The zero-order valence-electron chi connectivity index (χ0n) is 19.5. The van der Waals surface area contributed by atoms with Gasteiger partial charge in [-0.25, -0.2) is 4.98 Å². The molecule has 1 amide bonds. The summed E-state index contributed by atoms with van der Waals surface area (Å²) in [5, 5.41) is 0.722. The van der Waals surface area contributed by atoms with Crippen LogP contribution in [0.5, 0.6) is 11.5 Å². The second kappa shape index (κ2) is 11.0. The van der Waals surface area contributed by atoms with Crippen molar-refractivity contribution in [2.75, 3.05) is 58.0 Å². The number of hydrogen-bond donors (Lipinski definition) is 0. The Morgan fingerprint density at radius 3 is 2.76 bits per heavy atom. The molecule has 1 saturated heterocycles. The Morgan fingerprint density at radius 1 is 1.18 bits per heavy atom. The molecule has 33 heavy (non-hydrogen) atoms. The molecule has 1 aliphatic rings. The third-order valence-electron chi connectivity index (χ3n) is 5.97. The van der Waals surface area contributed by atoms with Crippen molar-refractivity contribution in [2.45, 2.75) is 20.3 Å². The summed E-state index contributed by atoms with van der Waals surface area (Å²) in [6, 6.07) is 11.5. The highest BCUT2D eigenvalue weighted by Gasteiger charge is 2.22. The number of anilines is 1. The molecule has 1 aliphatic heterocycles. The van der Waals surface area contributed by atoms with Crippen molar-refractivity contribution in [2.24, 2.45) is 0 Å². The van der Waals surface area contributed by atoms with Gasteiger partial charge in [-0.05, 0) is 49.6 Å². The molecule has 0 unspecified atom stereocenters. The quantitative estimate of drug-likeness (QED) is 0.471. The highest BCUT2D eigenvalue weighted by Crippen LogP contribution is 2.32. The number of methoxy groups -OCH3 is 1. The lowest BCUT2D eigenvalue weighted by Crippen LogP contribution is -2.40. The van der Waals surface area contributed by atoms with Gasteiger partial charge < -0.3 is 14.2 Å². The van der Waals surface area contributed by atoms with Gasteiger partial charge >= 0.3 is 0 Å². The Hall–Kier alpha value is -2.68. The summed E-state index contributed by atoms with van der Waals surface area (Å²) in [5.74, 6) is 1.19. The summed E-state index contributed by atoms with van der Waals surface area (Å²) in [5.41, 5.74) is 3.32. The predicted octanol–water partition coefficient (Wildman–Crippen LogP) is 4.06. The van der Waals surface area contributed by atoms with Gasteiger partial charge in [0, 0.05) is 32.2 Å². The summed E-state index contributed by atoms with van der Waals surface area (Å²) in [4.78, 5) is 22.3. The van der Waals surface area contributed by atoms with E-state index in [9.17, 15) is 4.79 Å². The van der Waals surface area contributed by atoms with Crippen LogP contribution in [-0.4, -0.2) is 68.9 Å². The summed E-state index contributed by atoms with van der Waals surface area (Å²) < 4.78 is 17.6. The number of nitrogens with zero attached hydrogens (tertiary/aromatic N) is 3. The van der Waals surface area contributed by atoms with Crippen molar-refractivity contribution in [1.29, 1.82) is 0 Å². The van der Waals surface area contributed by atoms with Crippen LogP contribution < -0.4 is 14.4 Å². The Bertz CT molecular complexity index is 1090. The minimum atomic E-state index is -0.103. The van der Waals surface area contributed by atoms with Gasteiger partial charge in [0.2, 0.25) is 0 Å². The van der Waals surface area contributed by atoms with Crippen molar-refractivity contribution in [1.82, 2.24) is 9.88 Å². The van der Waals surface area contributed by atoms with Gasteiger partial charge in [0.15, 0.2) is 11.7 Å². The molecular formula is C25H31N3O4S. The maximum absolute atomic E-state index is 13.3. The number of morpholine rings is 1. The average molecular weight is 470 g/mol. The first kappa shape index (κ1) is 23.5. The fourth-order valence-electron chi connectivity index (χ4n) is 3.85. The zero-order chi connectivity index (χ0) is 23.2. The third kappa shape index (κ3) is 5.82. The molecule has 2 aromatic carbocycles. The van der Waals surface area contributed by atoms with Crippen LogP contribution in [0.4, 0.5) is 5.13 Å². The van der Waals surface area contributed by atoms with Crippen LogP contribution in [0.25, 0.3) is 10.2 Å². The van der Waals surface area contributed by atoms with Crippen LogP contribution in [0, 0.1) is 13.8 Å². The topological polar surface area (TPSA) is 64.1 Å². The van der Waals surface area contributed by atoms with E-state index < -0.39 is 0 Å². The van der Waals surface area contributed by atoms with Gasteiger partial charge in [-0.1, -0.05) is 23.5 Å². The average Bonchev–Trinajstić information content (AvgIpc) is 3.28. The SMILES string of the molecule is COc1cccc(OCC(=O)N(CCCN2CCOCC2)c2nc3c(C)c(C)ccc3s2)c1. The van der Waals surface area contributed by atoms with Crippen LogP contribution in [0.2, 0.25) is 0 Å². The first-order valence-electron chi connectivity index (χ1n) is 11.3. The fraction of sp³-hybridized carbons (Fsp3) is 0.440. The van der Waals surface area contributed by atoms with Crippen LogP contribution in [-0.2, 0) is 9.53 Å². The molecule has 0 atom stereocenters. The summed E-state index contributed by atoms with van der Waals surface area (Å²) >= 11 is 1.56. The van der Waals surface area contributed by atoms with E-state index in [-0.39, 0.29) is 12.5 Å². The molecule has 0 saturated carbocycles. The molecule has 0 spiro atoms. The maximum atomic E-state index is 13.3. The maximum Gasteiger partial charge on any atom is 0.266 e. The molecule has 3 aromatic rings. The van der Waals surface area contributed by atoms with Gasteiger partial charge in [0.1, 0.15) is 11.5 Å². The number of aromatic nitrogens is 1. The first-order valence-corrected chi connectivity index (χ1v) is 12.1.